The maximum absolute atomic E-state index is 10.3. The number of rotatable bonds is 6. The molecule has 0 aromatic carbocycles. The summed E-state index contributed by atoms with van der Waals surface area (Å²) in [6.45, 7) is -1.12. The Morgan fingerprint density at radius 3 is 1.43 bits per heavy atom. The van der Waals surface area contributed by atoms with Gasteiger partial charge in [0.1, 0.15) is 6.61 Å². The first-order chi connectivity index (χ1) is 12.7. The van der Waals surface area contributed by atoms with Gasteiger partial charge in [-0.1, -0.05) is 38.5 Å². The lowest BCUT2D eigenvalue weighted by Gasteiger charge is -2.27. The molecule has 9 N–H and O–H groups in total. The molecule has 0 aliphatic heterocycles. The van der Waals surface area contributed by atoms with Gasteiger partial charge in [-0.25, -0.2) is 4.57 Å². The molecule has 2 saturated carbocycles. The lowest BCUT2D eigenvalue weighted by atomic mass is 9.97. The van der Waals surface area contributed by atoms with Crippen molar-refractivity contribution in [2.75, 3.05) is 27.4 Å². The van der Waals surface area contributed by atoms with E-state index in [0.29, 0.717) is 12.1 Å². The Bertz CT molecular complexity index is 370. The fourth-order valence-electron chi connectivity index (χ4n) is 2.83. The van der Waals surface area contributed by atoms with Crippen molar-refractivity contribution >= 4 is 7.82 Å². The molecular formula is C17H41N2O8P. The highest BCUT2D eigenvalue weighted by molar-refractivity contribution is 7.46. The van der Waals surface area contributed by atoms with Crippen LogP contribution in [-0.4, -0.2) is 65.7 Å². The quantitative estimate of drug-likeness (QED) is 0.298. The molecule has 2 fully saturated rings. The Hall–Kier alpha value is -0.130. The minimum absolute atomic E-state index is 0. The van der Waals surface area contributed by atoms with Gasteiger partial charge in [0.15, 0.2) is 0 Å². The van der Waals surface area contributed by atoms with Crippen LogP contribution in [0.15, 0.2) is 0 Å². The lowest BCUT2D eigenvalue weighted by molar-refractivity contribution is -0.242. The number of ether oxygens (including phenoxy) is 2. The van der Waals surface area contributed by atoms with Crippen molar-refractivity contribution in [3.8, 4) is 0 Å². The summed E-state index contributed by atoms with van der Waals surface area (Å²) in [7, 11) is -2.12. The van der Waals surface area contributed by atoms with E-state index in [2.05, 4.69) is 4.52 Å². The fourth-order valence-corrected chi connectivity index (χ4v) is 3.19. The highest BCUT2D eigenvalue weighted by Crippen LogP contribution is 2.37. The Kier molecular flexibility index (Phi) is 17.9. The van der Waals surface area contributed by atoms with Crippen molar-refractivity contribution in [3.63, 3.8) is 0 Å². The Balaban J connectivity index is 0. The number of phosphoric acid groups is 1. The maximum atomic E-state index is 10.3. The number of aliphatic hydroxyl groups is 1. The second-order valence-corrected chi connectivity index (χ2v) is 8.28. The monoisotopic (exact) mass is 432 g/mol. The molecule has 11 heteroatoms. The van der Waals surface area contributed by atoms with E-state index >= 15 is 0 Å². The Morgan fingerprint density at radius 2 is 1.25 bits per heavy atom. The van der Waals surface area contributed by atoms with Gasteiger partial charge in [0.05, 0.1) is 6.61 Å². The minimum atomic E-state index is -4.57. The maximum Gasteiger partial charge on any atom is 0.469 e. The molecule has 0 saturated heterocycles. The van der Waals surface area contributed by atoms with Crippen LogP contribution in [0.5, 0.6) is 0 Å². The van der Waals surface area contributed by atoms with E-state index in [4.69, 9.17) is 35.8 Å². The Labute approximate surface area is 168 Å². The van der Waals surface area contributed by atoms with Crippen LogP contribution >= 0.6 is 7.82 Å². The van der Waals surface area contributed by atoms with Crippen LogP contribution in [-0.2, 0) is 18.6 Å². The molecule has 10 nitrogen and oxygen atoms in total. The second kappa shape index (κ2) is 16.6. The van der Waals surface area contributed by atoms with E-state index in [0.717, 1.165) is 0 Å². The van der Waals surface area contributed by atoms with E-state index < -0.39 is 26.8 Å². The molecule has 0 atom stereocenters. The third-order valence-electron chi connectivity index (χ3n) is 4.74. The first-order valence-corrected chi connectivity index (χ1v) is 11.1. The van der Waals surface area contributed by atoms with Crippen LogP contribution in [0, 0.1) is 0 Å². The van der Waals surface area contributed by atoms with Crippen LogP contribution in [0.4, 0.5) is 0 Å². The molecule has 0 heterocycles. The van der Waals surface area contributed by atoms with Crippen molar-refractivity contribution in [2.24, 2.45) is 11.5 Å². The summed E-state index contributed by atoms with van der Waals surface area (Å²) in [6.07, 6.45) is 13.3. The minimum Gasteiger partial charge on any atom is -0.412 e. The second-order valence-electron chi connectivity index (χ2n) is 7.04. The molecule has 0 aromatic rings. The first-order valence-electron chi connectivity index (χ1n) is 9.60. The predicted molar refractivity (Wildman–Crippen MR) is 108 cm³/mol. The molecule has 0 aromatic heterocycles. The number of aliphatic hydroxyl groups excluding tert-OH is 1. The van der Waals surface area contributed by atoms with E-state index in [1.54, 1.807) is 0 Å². The summed E-state index contributed by atoms with van der Waals surface area (Å²) >= 11 is 0. The molecule has 172 valence electrons. The van der Waals surface area contributed by atoms with Crippen molar-refractivity contribution in [3.05, 3.63) is 0 Å². The third kappa shape index (κ3) is 15.8. The van der Waals surface area contributed by atoms with E-state index in [1.807, 2.05) is 0 Å². The summed E-state index contributed by atoms with van der Waals surface area (Å²) in [5, 5.41) is 8.79. The summed E-state index contributed by atoms with van der Waals surface area (Å²) in [6, 6.07) is 1.07. The van der Waals surface area contributed by atoms with Gasteiger partial charge in [0, 0.05) is 26.3 Å². The smallest absolute Gasteiger partial charge is 0.412 e. The largest absolute Gasteiger partial charge is 0.469 e. The summed E-state index contributed by atoms with van der Waals surface area (Å²) in [5.41, 5.74) is 11.3. The number of hydrogen-bond donors (Lipinski definition) is 5. The fraction of sp³-hybridized carbons (Fsp3) is 1.00. The molecule has 0 amide bonds. The van der Waals surface area contributed by atoms with Crippen LogP contribution in [0.25, 0.3) is 0 Å². The van der Waals surface area contributed by atoms with Crippen LogP contribution in [0.3, 0.4) is 0 Å². The van der Waals surface area contributed by atoms with Gasteiger partial charge in [-0.15, -0.1) is 0 Å². The molecule has 2 rings (SSSR count). The van der Waals surface area contributed by atoms with Crippen molar-refractivity contribution in [1.82, 2.24) is 0 Å². The summed E-state index contributed by atoms with van der Waals surface area (Å²) in [5.74, 6) is -1.53. The molecule has 2 aliphatic carbocycles. The van der Waals surface area contributed by atoms with Crippen molar-refractivity contribution < 1.29 is 38.9 Å². The number of hydrogen-bond acceptors (Lipinski definition) is 7. The van der Waals surface area contributed by atoms with Gasteiger partial charge in [0.25, 0.3) is 0 Å². The lowest BCUT2D eigenvalue weighted by Crippen LogP contribution is -2.42. The van der Waals surface area contributed by atoms with Crippen LogP contribution < -0.4 is 11.5 Å². The van der Waals surface area contributed by atoms with Crippen molar-refractivity contribution in [2.45, 2.75) is 82.1 Å². The predicted octanol–water partition coefficient (Wildman–Crippen LogP) is 0.808. The third-order valence-corrected chi connectivity index (χ3v) is 5.20. The Morgan fingerprint density at radius 1 is 0.893 bits per heavy atom. The normalized spacial score (nSPS) is 18.8. The number of nitrogens with two attached hydrogens (primary N) is 2. The summed E-state index contributed by atoms with van der Waals surface area (Å²) in [4.78, 5) is 16.7. The van der Waals surface area contributed by atoms with Gasteiger partial charge in [-0.05, 0) is 25.7 Å². The van der Waals surface area contributed by atoms with Gasteiger partial charge in [0.2, 0.25) is 5.79 Å². The zero-order valence-electron chi connectivity index (χ0n) is 17.2. The van der Waals surface area contributed by atoms with Crippen LogP contribution in [0.1, 0.15) is 64.2 Å². The molecule has 0 bridgehead atoms. The van der Waals surface area contributed by atoms with Crippen LogP contribution in [0.2, 0.25) is 0 Å². The highest BCUT2D eigenvalue weighted by atomic mass is 31.2. The molecule has 0 radical (unpaired) electrons. The first kappa shape index (κ1) is 30.1. The summed E-state index contributed by atoms with van der Waals surface area (Å²) < 4.78 is 23.8. The molecule has 2 aliphatic rings. The molecule has 0 spiro atoms. The SMILES string of the molecule is COC(CO)(COP(=O)(O)O)OC.NC1CCCCC1.NC1CCCCC1.O. The van der Waals surface area contributed by atoms with Gasteiger partial charge in [-0.2, -0.15) is 0 Å². The number of methoxy groups -OCH3 is 2. The zero-order chi connectivity index (χ0) is 20.8. The highest BCUT2D eigenvalue weighted by Gasteiger charge is 2.32. The molecular weight excluding hydrogens is 391 g/mol. The van der Waals surface area contributed by atoms with E-state index in [-0.39, 0.29) is 5.48 Å². The zero-order valence-corrected chi connectivity index (χ0v) is 18.1. The topological polar surface area (TPSA) is 189 Å². The average molecular weight is 432 g/mol. The van der Waals surface area contributed by atoms with Gasteiger partial charge in [-0.3, -0.25) is 4.52 Å². The average Bonchev–Trinajstić information content (AvgIpc) is 2.65. The van der Waals surface area contributed by atoms with Gasteiger partial charge >= 0.3 is 7.82 Å². The number of phosphoric ester groups is 1. The molecule has 28 heavy (non-hydrogen) atoms. The van der Waals surface area contributed by atoms with E-state index in [9.17, 15) is 4.57 Å². The van der Waals surface area contributed by atoms with E-state index in [1.165, 1.54) is 78.4 Å². The molecule has 0 unspecified atom stereocenters. The van der Waals surface area contributed by atoms with Crippen molar-refractivity contribution in [1.29, 1.82) is 0 Å². The van der Waals surface area contributed by atoms with Gasteiger partial charge < -0.3 is 41.3 Å². The standard InChI is InChI=1S/2C6H13N.C5H13O7P.H2O/c2*7-6-4-2-1-3-5-6;1-10-5(3-6,11-2)4-12-13(7,8)9;/h2*6H,1-5,7H2;6H,3-4H2,1-2H3,(H2,7,8,9);1H2.